The molecular formula is C14H17NO. The van der Waals surface area contributed by atoms with Crippen molar-refractivity contribution in [3.05, 3.63) is 42.0 Å². The van der Waals surface area contributed by atoms with E-state index in [0.29, 0.717) is 0 Å². The number of aromatic hydroxyl groups is 1. The van der Waals surface area contributed by atoms with Crippen molar-refractivity contribution in [3.8, 4) is 5.75 Å². The molecule has 0 atom stereocenters. The summed E-state index contributed by atoms with van der Waals surface area (Å²) >= 11 is 0. The molecular weight excluding hydrogens is 198 g/mol. The van der Waals surface area contributed by atoms with Crippen LogP contribution in [0.25, 0.3) is 10.8 Å². The standard InChI is InChI=1S/C14H17NO/c1-15(2)10-9-12-6-3-5-11-7-4-8-13(16)14(11)12/h3-8,16H,9-10H2,1-2H3/i10D2. The molecule has 0 unspecified atom stereocenters. The summed E-state index contributed by atoms with van der Waals surface area (Å²) in [6.07, 6.45) is 0.245. The summed E-state index contributed by atoms with van der Waals surface area (Å²) in [5, 5.41) is 11.6. The lowest BCUT2D eigenvalue weighted by atomic mass is 10.0. The molecule has 0 saturated heterocycles. The molecule has 1 N–H and O–H groups in total. The van der Waals surface area contributed by atoms with E-state index in [9.17, 15) is 5.11 Å². The van der Waals surface area contributed by atoms with E-state index in [2.05, 4.69) is 0 Å². The quantitative estimate of drug-likeness (QED) is 0.854. The molecule has 0 amide bonds. The van der Waals surface area contributed by atoms with E-state index in [4.69, 9.17) is 2.74 Å². The van der Waals surface area contributed by atoms with Crippen LogP contribution in [0.15, 0.2) is 36.4 Å². The zero-order chi connectivity index (χ0) is 13.3. The molecule has 0 heterocycles. The molecule has 0 aliphatic rings. The van der Waals surface area contributed by atoms with E-state index in [1.807, 2.05) is 24.3 Å². The van der Waals surface area contributed by atoms with Crippen LogP contribution in [0.1, 0.15) is 8.30 Å². The van der Waals surface area contributed by atoms with Crippen molar-refractivity contribution in [1.82, 2.24) is 4.90 Å². The first-order chi connectivity index (χ1) is 8.42. The summed E-state index contributed by atoms with van der Waals surface area (Å²) in [7, 11) is 3.43. The van der Waals surface area contributed by atoms with E-state index < -0.39 is 6.50 Å². The van der Waals surface area contributed by atoms with Gasteiger partial charge >= 0.3 is 0 Å². The summed E-state index contributed by atoms with van der Waals surface area (Å²) in [5.74, 6) is 0.206. The topological polar surface area (TPSA) is 23.5 Å². The Morgan fingerprint density at radius 2 is 1.88 bits per heavy atom. The molecule has 0 saturated carbocycles. The van der Waals surface area contributed by atoms with Gasteiger partial charge in [0.05, 0.1) is 0 Å². The van der Waals surface area contributed by atoms with Gasteiger partial charge in [0.25, 0.3) is 0 Å². The number of likely N-dealkylation sites (N-methyl/N-ethyl adjacent to an activating group) is 1. The monoisotopic (exact) mass is 217 g/mol. The molecule has 0 aromatic heterocycles. The van der Waals surface area contributed by atoms with Crippen molar-refractivity contribution in [1.29, 1.82) is 0 Å². The molecule has 0 fully saturated rings. The third-order valence-corrected chi connectivity index (χ3v) is 2.55. The molecule has 0 aliphatic carbocycles. The highest BCUT2D eigenvalue weighted by Gasteiger charge is 2.05. The predicted octanol–water partition coefficient (Wildman–Crippen LogP) is 2.65. The lowest BCUT2D eigenvalue weighted by Crippen LogP contribution is -2.15. The highest BCUT2D eigenvalue weighted by Crippen LogP contribution is 2.28. The Bertz CT molecular complexity index is 561. The normalized spacial score (nSPS) is 13.9. The summed E-state index contributed by atoms with van der Waals surface area (Å²) in [4.78, 5) is 1.55. The fourth-order valence-corrected chi connectivity index (χ4v) is 1.79. The van der Waals surface area contributed by atoms with Crippen molar-refractivity contribution < 1.29 is 7.85 Å². The van der Waals surface area contributed by atoms with E-state index >= 15 is 0 Å². The third-order valence-electron chi connectivity index (χ3n) is 2.55. The largest absolute Gasteiger partial charge is 0.507 e. The van der Waals surface area contributed by atoms with Crippen LogP contribution >= 0.6 is 0 Å². The molecule has 0 spiro atoms. The lowest BCUT2D eigenvalue weighted by Gasteiger charge is -2.12. The molecule has 0 aliphatic heterocycles. The second kappa shape index (κ2) is 4.54. The Labute approximate surface area is 98.9 Å². The number of hydrogen-bond donors (Lipinski definition) is 1. The van der Waals surface area contributed by atoms with Gasteiger partial charge in [-0.05, 0) is 37.5 Å². The van der Waals surface area contributed by atoms with E-state index in [0.717, 1.165) is 16.3 Å². The SMILES string of the molecule is [2H]C([2H])(Cc1cccc2cccc(O)c12)N(C)C. The van der Waals surface area contributed by atoms with E-state index in [1.54, 1.807) is 31.1 Å². The van der Waals surface area contributed by atoms with Crippen molar-refractivity contribution in [2.75, 3.05) is 20.6 Å². The minimum Gasteiger partial charge on any atom is -0.507 e. The van der Waals surface area contributed by atoms with Crippen LogP contribution < -0.4 is 0 Å². The molecule has 2 heteroatoms. The van der Waals surface area contributed by atoms with E-state index in [1.165, 1.54) is 0 Å². The molecule has 0 bridgehead atoms. The van der Waals surface area contributed by atoms with Gasteiger partial charge in [-0.25, -0.2) is 0 Å². The molecule has 0 radical (unpaired) electrons. The molecule has 2 aromatic carbocycles. The first-order valence-electron chi connectivity index (χ1n) is 6.29. The zero-order valence-electron chi connectivity index (χ0n) is 11.6. The maximum atomic E-state index is 9.95. The van der Waals surface area contributed by atoms with Gasteiger partial charge in [-0.2, -0.15) is 0 Å². The Balaban J connectivity index is 2.52. The molecule has 84 valence electrons. The second-order valence-corrected chi connectivity index (χ2v) is 4.02. The number of phenolic OH excluding ortho intramolecular Hbond substituents is 1. The Hall–Kier alpha value is -1.54. The van der Waals surface area contributed by atoms with Gasteiger partial charge < -0.3 is 10.0 Å². The first kappa shape index (κ1) is 8.59. The van der Waals surface area contributed by atoms with Gasteiger partial charge in [0.2, 0.25) is 0 Å². The van der Waals surface area contributed by atoms with Crippen LogP contribution in [-0.4, -0.2) is 30.6 Å². The average molecular weight is 217 g/mol. The molecule has 2 nitrogen and oxygen atoms in total. The van der Waals surface area contributed by atoms with Crippen LogP contribution in [0.3, 0.4) is 0 Å². The predicted molar refractivity (Wildman–Crippen MR) is 67.9 cm³/mol. The van der Waals surface area contributed by atoms with Crippen LogP contribution in [0.2, 0.25) is 0 Å². The smallest absolute Gasteiger partial charge is 0.123 e. The van der Waals surface area contributed by atoms with Crippen LogP contribution in [-0.2, 0) is 6.42 Å². The van der Waals surface area contributed by atoms with Crippen LogP contribution in [0.5, 0.6) is 5.75 Å². The number of nitrogens with zero attached hydrogens (tertiary/aromatic N) is 1. The molecule has 2 rings (SSSR count). The number of phenols is 1. The third kappa shape index (κ3) is 2.17. The summed E-state index contributed by atoms with van der Waals surface area (Å²) in [6.45, 7) is -1.43. The van der Waals surface area contributed by atoms with Gasteiger partial charge in [0, 0.05) is 14.6 Å². The van der Waals surface area contributed by atoms with Gasteiger partial charge in [0.15, 0.2) is 0 Å². The number of benzene rings is 2. The zero-order valence-corrected chi connectivity index (χ0v) is 9.57. The van der Waals surface area contributed by atoms with Gasteiger partial charge in [-0.1, -0.05) is 30.3 Å². The molecule has 2 aromatic rings. The maximum absolute atomic E-state index is 9.95. The lowest BCUT2D eigenvalue weighted by molar-refractivity contribution is 0.414. The van der Waals surface area contributed by atoms with Gasteiger partial charge in [-0.15, -0.1) is 0 Å². The minimum atomic E-state index is -1.43. The van der Waals surface area contributed by atoms with Crippen molar-refractivity contribution in [3.63, 3.8) is 0 Å². The minimum absolute atomic E-state index is 0.206. The fraction of sp³-hybridized carbons (Fsp3) is 0.286. The van der Waals surface area contributed by atoms with Crippen LogP contribution in [0.4, 0.5) is 0 Å². The van der Waals surface area contributed by atoms with E-state index in [-0.39, 0.29) is 12.2 Å². The Kier molecular flexibility index (Phi) is 2.44. The Morgan fingerprint density at radius 1 is 1.19 bits per heavy atom. The average Bonchev–Trinajstić information content (AvgIpc) is 2.28. The van der Waals surface area contributed by atoms with Crippen LogP contribution in [0, 0.1) is 0 Å². The highest BCUT2D eigenvalue weighted by atomic mass is 16.3. The number of aryl methyl sites for hydroxylation is 1. The number of rotatable bonds is 3. The van der Waals surface area contributed by atoms with Crippen molar-refractivity contribution in [2.24, 2.45) is 0 Å². The fourth-order valence-electron chi connectivity index (χ4n) is 1.79. The Morgan fingerprint density at radius 3 is 2.56 bits per heavy atom. The highest BCUT2D eigenvalue weighted by molar-refractivity contribution is 5.91. The summed E-state index contributed by atoms with van der Waals surface area (Å²) in [5.41, 5.74) is 0.823. The van der Waals surface area contributed by atoms with Gasteiger partial charge in [-0.3, -0.25) is 0 Å². The number of fused-ring (bicyclic) bond motifs is 1. The summed E-state index contributed by atoms with van der Waals surface area (Å²) in [6, 6.07) is 11.0. The summed E-state index contributed by atoms with van der Waals surface area (Å²) < 4.78 is 16.0. The maximum Gasteiger partial charge on any atom is 0.123 e. The van der Waals surface area contributed by atoms with Gasteiger partial charge in [0.1, 0.15) is 5.75 Å². The first-order valence-corrected chi connectivity index (χ1v) is 5.29. The number of hydrogen-bond acceptors (Lipinski definition) is 2. The van der Waals surface area contributed by atoms with Crippen molar-refractivity contribution in [2.45, 2.75) is 6.42 Å². The second-order valence-electron chi connectivity index (χ2n) is 4.02. The van der Waals surface area contributed by atoms with Crippen molar-refractivity contribution >= 4 is 10.8 Å². The molecule has 16 heavy (non-hydrogen) atoms.